The molecule has 1 unspecified atom stereocenters. The number of hydrogen-bond acceptors (Lipinski definition) is 6. The fraction of sp³-hybridized carbons (Fsp3) is 0.500. The molecule has 17 heavy (non-hydrogen) atoms. The Bertz CT molecular complexity index is 547. The van der Waals surface area contributed by atoms with Crippen LogP contribution >= 0.6 is 0 Å². The number of ether oxygens (including phenoxy) is 2. The quantitative estimate of drug-likeness (QED) is 0.798. The van der Waals surface area contributed by atoms with Crippen molar-refractivity contribution in [2.45, 2.75) is 18.9 Å². The molecular formula is C10H13N5O2. The molecule has 1 saturated heterocycles. The highest BCUT2D eigenvalue weighted by atomic mass is 16.5. The molecule has 0 bridgehead atoms. The first-order valence-electron chi connectivity index (χ1n) is 5.46. The number of anilines is 1. The molecule has 1 fully saturated rings. The second kappa shape index (κ2) is 3.85. The lowest BCUT2D eigenvalue weighted by Crippen LogP contribution is -2.05. The molecule has 1 atom stereocenters. The van der Waals surface area contributed by atoms with E-state index in [-0.39, 0.29) is 12.1 Å². The van der Waals surface area contributed by atoms with E-state index < -0.39 is 0 Å². The Morgan fingerprint density at radius 3 is 3.00 bits per heavy atom. The molecule has 0 amide bonds. The summed E-state index contributed by atoms with van der Waals surface area (Å²) in [6.07, 6.45) is 1.93. The fourth-order valence-electron chi connectivity index (χ4n) is 2.04. The number of fused-ring (bicyclic) bond motifs is 1. The minimum Gasteiger partial charge on any atom is -0.468 e. The van der Waals surface area contributed by atoms with Crippen LogP contribution in [0, 0.1) is 0 Å². The Labute approximate surface area is 97.4 Å². The van der Waals surface area contributed by atoms with Crippen molar-refractivity contribution in [3.05, 3.63) is 5.69 Å². The van der Waals surface area contributed by atoms with Gasteiger partial charge >= 0.3 is 0 Å². The molecule has 1 aliphatic heterocycles. The van der Waals surface area contributed by atoms with Crippen LogP contribution in [0.25, 0.3) is 11.2 Å². The maximum absolute atomic E-state index is 5.67. The van der Waals surface area contributed by atoms with Gasteiger partial charge in [0.05, 0.1) is 7.11 Å². The maximum Gasteiger partial charge on any atom is 0.295 e. The monoisotopic (exact) mass is 235 g/mol. The molecule has 1 aliphatic rings. The molecule has 0 aliphatic carbocycles. The average Bonchev–Trinajstić information content (AvgIpc) is 2.96. The summed E-state index contributed by atoms with van der Waals surface area (Å²) in [7, 11) is 1.54. The van der Waals surface area contributed by atoms with Crippen LogP contribution in [0.4, 0.5) is 5.95 Å². The van der Waals surface area contributed by atoms with Crippen LogP contribution < -0.4 is 10.5 Å². The number of nitrogen functional groups attached to an aromatic ring is 1. The predicted octanol–water partition coefficient (Wildman–Crippen LogP) is 0.795. The summed E-state index contributed by atoms with van der Waals surface area (Å²) in [6, 6.07) is 0.402. The number of aromatic nitrogens is 4. The largest absolute Gasteiger partial charge is 0.468 e. The lowest BCUT2D eigenvalue weighted by Gasteiger charge is -2.09. The van der Waals surface area contributed by atoms with Crippen molar-refractivity contribution in [1.82, 2.24) is 19.9 Å². The van der Waals surface area contributed by atoms with Gasteiger partial charge in [-0.05, 0) is 12.8 Å². The van der Waals surface area contributed by atoms with Crippen LogP contribution in [0.1, 0.15) is 24.6 Å². The topological polar surface area (TPSA) is 98.9 Å². The van der Waals surface area contributed by atoms with Gasteiger partial charge in [0.25, 0.3) is 6.01 Å². The predicted molar refractivity (Wildman–Crippen MR) is 60.6 cm³/mol. The molecule has 7 nitrogen and oxygen atoms in total. The highest BCUT2D eigenvalue weighted by molar-refractivity contribution is 5.75. The summed E-state index contributed by atoms with van der Waals surface area (Å²) >= 11 is 0. The van der Waals surface area contributed by atoms with Crippen LogP contribution in [-0.4, -0.2) is 33.7 Å². The summed E-state index contributed by atoms with van der Waals surface area (Å²) in [6.45, 7) is 0.751. The summed E-state index contributed by atoms with van der Waals surface area (Å²) in [4.78, 5) is 15.5. The number of hydrogen-bond donors (Lipinski definition) is 2. The van der Waals surface area contributed by atoms with E-state index in [1.807, 2.05) is 0 Å². The Balaban J connectivity index is 2.17. The summed E-state index contributed by atoms with van der Waals surface area (Å²) in [5, 5.41) is 0. The highest BCUT2D eigenvalue weighted by Crippen LogP contribution is 2.31. The Hall–Kier alpha value is -1.89. The highest BCUT2D eigenvalue weighted by Gasteiger charge is 2.24. The third-order valence-electron chi connectivity index (χ3n) is 2.80. The second-order valence-electron chi connectivity index (χ2n) is 3.91. The zero-order chi connectivity index (χ0) is 11.8. The number of nitrogens with two attached hydrogens (primary N) is 1. The minimum atomic E-state index is -0.0343. The van der Waals surface area contributed by atoms with Crippen molar-refractivity contribution in [1.29, 1.82) is 0 Å². The second-order valence-corrected chi connectivity index (χ2v) is 3.91. The zero-order valence-corrected chi connectivity index (χ0v) is 9.43. The normalized spacial score (nSPS) is 19.9. The molecule has 3 N–H and O–H groups in total. The van der Waals surface area contributed by atoms with Gasteiger partial charge in [0.2, 0.25) is 5.95 Å². The molecule has 3 rings (SSSR count). The molecule has 2 aromatic heterocycles. The first-order chi connectivity index (χ1) is 8.28. The number of nitrogens with one attached hydrogen (secondary N) is 1. The summed E-state index contributed by atoms with van der Waals surface area (Å²) in [5.74, 6) is 0.206. The van der Waals surface area contributed by atoms with Crippen molar-refractivity contribution in [3.8, 4) is 6.01 Å². The molecule has 7 heteroatoms. The van der Waals surface area contributed by atoms with E-state index in [0.717, 1.165) is 30.7 Å². The lowest BCUT2D eigenvalue weighted by atomic mass is 10.1. The van der Waals surface area contributed by atoms with Crippen LogP contribution in [0.2, 0.25) is 0 Å². The molecule has 0 aromatic carbocycles. The summed E-state index contributed by atoms with van der Waals surface area (Å²) < 4.78 is 10.7. The smallest absolute Gasteiger partial charge is 0.295 e. The van der Waals surface area contributed by atoms with Crippen LogP contribution in [-0.2, 0) is 4.74 Å². The lowest BCUT2D eigenvalue weighted by molar-refractivity contribution is 0.110. The fourth-order valence-corrected chi connectivity index (χ4v) is 2.04. The zero-order valence-electron chi connectivity index (χ0n) is 9.43. The number of rotatable bonds is 2. The van der Waals surface area contributed by atoms with Gasteiger partial charge in [-0.1, -0.05) is 0 Å². The molecule has 3 heterocycles. The van der Waals surface area contributed by atoms with Gasteiger partial charge < -0.3 is 20.2 Å². The van der Waals surface area contributed by atoms with Crippen LogP contribution in [0.3, 0.4) is 0 Å². The van der Waals surface area contributed by atoms with Crippen molar-refractivity contribution >= 4 is 17.1 Å². The number of methoxy groups -OCH3 is 1. The van der Waals surface area contributed by atoms with E-state index in [1.165, 1.54) is 0 Å². The van der Waals surface area contributed by atoms with Gasteiger partial charge in [-0.15, -0.1) is 0 Å². The molecule has 2 aromatic rings. The Kier molecular flexibility index (Phi) is 2.32. The van der Waals surface area contributed by atoms with Crippen molar-refractivity contribution in [3.63, 3.8) is 0 Å². The minimum absolute atomic E-state index is 0.0343. The standard InChI is InChI=1S/C10H13N5O2/c1-16-10-13-7-6(5-3-2-4-17-5)12-9(11)14-8(7)15-10/h5H,2-4H2,1H3,(H3,11,12,13,14,15). The number of nitrogens with zero attached hydrogens (tertiary/aromatic N) is 3. The first kappa shape index (κ1) is 10.3. The number of H-pyrrole nitrogens is 1. The van der Waals surface area contributed by atoms with E-state index in [2.05, 4.69) is 19.9 Å². The van der Waals surface area contributed by atoms with E-state index >= 15 is 0 Å². The average molecular weight is 235 g/mol. The van der Waals surface area contributed by atoms with Crippen molar-refractivity contribution < 1.29 is 9.47 Å². The van der Waals surface area contributed by atoms with Gasteiger partial charge in [0.15, 0.2) is 5.65 Å². The molecule has 0 radical (unpaired) electrons. The van der Waals surface area contributed by atoms with Gasteiger partial charge in [-0.2, -0.15) is 9.97 Å². The van der Waals surface area contributed by atoms with Crippen LogP contribution in [0.5, 0.6) is 6.01 Å². The Morgan fingerprint density at radius 1 is 1.41 bits per heavy atom. The van der Waals surface area contributed by atoms with Gasteiger partial charge in [0, 0.05) is 6.61 Å². The van der Waals surface area contributed by atoms with Gasteiger partial charge in [-0.3, -0.25) is 0 Å². The van der Waals surface area contributed by atoms with Crippen molar-refractivity contribution in [2.75, 3.05) is 19.5 Å². The van der Waals surface area contributed by atoms with Crippen molar-refractivity contribution in [2.24, 2.45) is 0 Å². The van der Waals surface area contributed by atoms with Crippen LogP contribution in [0.15, 0.2) is 0 Å². The van der Waals surface area contributed by atoms with E-state index in [4.69, 9.17) is 15.2 Å². The molecule has 0 saturated carbocycles. The Morgan fingerprint density at radius 2 is 2.29 bits per heavy atom. The van der Waals surface area contributed by atoms with Gasteiger partial charge in [0.1, 0.15) is 17.3 Å². The molecule has 90 valence electrons. The maximum atomic E-state index is 5.67. The molecule has 0 spiro atoms. The van der Waals surface area contributed by atoms with E-state index in [1.54, 1.807) is 7.11 Å². The number of aromatic amines is 1. The first-order valence-corrected chi connectivity index (χ1v) is 5.46. The van der Waals surface area contributed by atoms with E-state index in [9.17, 15) is 0 Å². The third kappa shape index (κ3) is 1.68. The summed E-state index contributed by atoms with van der Waals surface area (Å²) in [5.41, 5.74) is 7.69. The number of imidazole rings is 1. The third-order valence-corrected chi connectivity index (χ3v) is 2.80. The van der Waals surface area contributed by atoms with E-state index in [0.29, 0.717) is 11.7 Å². The van der Waals surface area contributed by atoms with Gasteiger partial charge in [-0.25, -0.2) is 4.98 Å². The SMILES string of the molecule is COc1nc2nc(N)nc(C3CCCO3)c2[nH]1. The molecular weight excluding hydrogens is 222 g/mol.